The number of hydrogen-bond donors (Lipinski definition) is 2. The fourth-order valence-corrected chi connectivity index (χ4v) is 1.23. The number of rotatable bonds is 8. The van der Waals surface area contributed by atoms with Crippen LogP contribution in [-0.2, 0) is 4.79 Å². The van der Waals surface area contributed by atoms with E-state index in [1.807, 2.05) is 0 Å². The van der Waals surface area contributed by atoms with E-state index in [1.165, 1.54) is 32.1 Å². The lowest BCUT2D eigenvalue weighted by Gasteiger charge is -1.98. The number of aliphatic carboxylic acids is 1. The van der Waals surface area contributed by atoms with E-state index in [1.54, 1.807) is 0 Å². The van der Waals surface area contributed by atoms with Crippen molar-refractivity contribution in [1.29, 1.82) is 0 Å². The molecular formula is C10H23NO2. The first-order valence-electron chi connectivity index (χ1n) is 4.99. The highest BCUT2D eigenvalue weighted by Crippen LogP contribution is 2.07. The highest BCUT2D eigenvalue weighted by molar-refractivity contribution is 5.66. The lowest BCUT2D eigenvalue weighted by atomic mass is 10.1. The largest absolute Gasteiger partial charge is 0.481 e. The second-order valence-corrected chi connectivity index (χ2v) is 3.27. The maximum Gasteiger partial charge on any atom is 0.303 e. The summed E-state index contributed by atoms with van der Waals surface area (Å²) in [5, 5.41) is 8.35. The zero-order valence-electron chi connectivity index (χ0n) is 8.72. The molecule has 80 valence electrons. The van der Waals surface area contributed by atoms with Crippen molar-refractivity contribution in [2.24, 2.45) is 0 Å². The average molecular weight is 189 g/mol. The van der Waals surface area contributed by atoms with Crippen LogP contribution in [0.1, 0.15) is 58.3 Å². The third-order valence-electron chi connectivity index (χ3n) is 1.99. The number of hydrogen-bond acceptors (Lipinski definition) is 2. The van der Waals surface area contributed by atoms with Crippen LogP contribution in [0.3, 0.4) is 0 Å². The molecule has 0 aliphatic rings. The molecule has 3 nitrogen and oxygen atoms in total. The number of carboxylic acid groups (broad SMARTS) is 1. The monoisotopic (exact) mass is 189 g/mol. The van der Waals surface area contributed by atoms with Gasteiger partial charge >= 0.3 is 5.97 Å². The summed E-state index contributed by atoms with van der Waals surface area (Å²) < 4.78 is 0. The van der Waals surface area contributed by atoms with Gasteiger partial charge in [0.2, 0.25) is 0 Å². The topological polar surface area (TPSA) is 72.3 Å². The summed E-state index contributed by atoms with van der Waals surface area (Å²) in [4.78, 5) is 10.1. The molecule has 13 heavy (non-hydrogen) atoms. The second kappa shape index (κ2) is 11.4. The van der Waals surface area contributed by atoms with Crippen LogP contribution in [0.4, 0.5) is 0 Å². The van der Waals surface area contributed by atoms with Crippen LogP contribution < -0.4 is 6.15 Å². The van der Waals surface area contributed by atoms with Crippen molar-refractivity contribution in [3.8, 4) is 0 Å². The lowest BCUT2D eigenvalue weighted by Crippen LogP contribution is -1.93. The van der Waals surface area contributed by atoms with Crippen LogP contribution in [0, 0.1) is 0 Å². The van der Waals surface area contributed by atoms with Crippen molar-refractivity contribution in [1.82, 2.24) is 6.15 Å². The Bertz CT molecular complexity index is 115. The maximum absolute atomic E-state index is 10.1. The van der Waals surface area contributed by atoms with Gasteiger partial charge in [-0.1, -0.05) is 45.4 Å². The van der Waals surface area contributed by atoms with E-state index in [0.717, 1.165) is 12.8 Å². The van der Waals surface area contributed by atoms with Crippen LogP contribution in [0.2, 0.25) is 0 Å². The van der Waals surface area contributed by atoms with Gasteiger partial charge in [0.15, 0.2) is 0 Å². The number of carbonyl (C=O) groups is 1. The highest BCUT2D eigenvalue weighted by atomic mass is 16.4. The van der Waals surface area contributed by atoms with Gasteiger partial charge in [0.1, 0.15) is 0 Å². The minimum Gasteiger partial charge on any atom is -0.481 e. The van der Waals surface area contributed by atoms with Crippen LogP contribution >= 0.6 is 0 Å². The summed E-state index contributed by atoms with van der Waals surface area (Å²) >= 11 is 0. The molecule has 0 bridgehead atoms. The summed E-state index contributed by atoms with van der Waals surface area (Å²) in [6.45, 7) is 2.20. The summed E-state index contributed by atoms with van der Waals surface area (Å²) in [6.07, 6.45) is 8.64. The minimum atomic E-state index is -0.663. The van der Waals surface area contributed by atoms with Gasteiger partial charge in [0, 0.05) is 6.42 Å². The van der Waals surface area contributed by atoms with Gasteiger partial charge in [-0.15, -0.1) is 0 Å². The van der Waals surface area contributed by atoms with Crippen LogP contribution in [0.25, 0.3) is 0 Å². The van der Waals surface area contributed by atoms with Gasteiger partial charge in [-0.25, -0.2) is 0 Å². The normalized spacial score (nSPS) is 9.31. The molecule has 0 fully saturated rings. The molecule has 0 saturated carbocycles. The molecule has 4 N–H and O–H groups in total. The zero-order valence-corrected chi connectivity index (χ0v) is 8.72. The summed E-state index contributed by atoms with van der Waals surface area (Å²) in [6, 6.07) is 0. The first-order valence-corrected chi connectivity index (χ1v) is 4.99. The van der Waals surface area contributed by atoms with Crippen molar-refractivity contribution in [3.05, 3.63) is 0 Å². The van der Waals surface area contributed by atoms with Crippen molar-refractivity contribution in [2.45, 2.75) is 58.3 Å². The van der Waals surface area contributed by atoms with Gasteiger partial charge in [-0.05, 0) is 6.42 Å². The summed E-state index contributed by atoms with van der Waals surface area (Å²) in [5.41, 5.74) is 0. The van der Waals surface area contributed by atoms with E-state index in [4.69, 9.17) is 5.11 Å². The Morgan fingerprint density at radius 1 is 1.00 bits per heavy atom. The quantitative estimate of drug-likeness (QED) is 0.575. The third-order valence-corrected chi connectivity index (χ3v) is 1.99. The lowest BCUT2D eigenvalue weighted by molar-refractivity contribution is -0.137. The molecule has 0 aliphatic heterocycles. The standard InChI is InChI=1S/C10H20O2.H3N/c1-2-3-4-5-6-7-8-9-10(11)12;/h2-9H2,1H3,(H,11,12);1H3. The molecule has 0 unspecified atom stereocenters. The van der Waals surface area contributed by atoms with Crippen LogP contribution in [0.5, 0.6) is 0 Å². The molecule has 0 spiro atoms. The van der Waals surface area contributed by atoms with Crippen LogP contribution in [-0.4, -0.2) is 11.1 Å². The fraction of sp³-hybridized carbons (Fsp3) is 0.900. The first-order chi connectivity index (χ1) is 5.77. The van der Waals surface area contributed by atoms with Gasteiger partial charge < -0.3 is 11.3 Å². The molecule has 0 atom stereocenters. The Hall–Kier alpha value is -0.570. The van der Waals surface area contributed by atoms with E-state index in [-0.39, 0.29) is 6.15 Å². The molecular weight excluding hydrogens is 166 g/mol. The Morgan fingerprint density at radius 2 is 1.46 bits per heavy atom. The second-order valence-electron chi connectivity index (χ2n) is 3.27. The molecule has 0 heterocycles. The molecule has 0 saturated heterocycles. The van der Waals surface area contributed by atoms with Crippen molar-refractivity contribution >= 4 is 5.97 Å². The highest BCUT2D eigenvalue weighted by Gasteiger charge is 1.95. The Balaban J connectivity index is 0. The van der Waals surface area contributed by atoms with Crippen molar-refractivity contribution < 1.29 is 9.90 Å². The molecule has 3 heteroatoms. The smallest absolute Gasteiger partial charge is 0.303 e. The Morgan fingerprint density at radius 3 is 1.92 bits per heavy atom. The third kappa shape index (κ3) is 14.3. The SMILES string of the molecule is CCCCCCCCCC(=O)O.N. The summed E-state index contributed by atoms with van der Waals surface area (Å²) in [5.74, 6) is -0.663. The predicted molar refractivity (Wildman–Crippen MR) is 55.3 cm³/mol. The summed E-state index contributed by atoms with van der Waals surface area (Å²) in [7, 11) is 0. The molecule has 0 aromatic heterocycles. The molecule has 0 aromatic carbocycles. The van der Waals surface area contributed by atoms with Gasteiger partial charge in [0.05, 0.1) is 0 Å². The molecule has 0 aromatic rings. The number of carboxylic acids is 1. The van der Waals surface area contributed by atoms with E-state index >= 15 is 0 Å². The van der Waals surface area contributed by atoms with Crippen molar-refractivity contribution in [3.63, 3.8) is 0 Å². The Labute approximate surface area is 81.1 Å². The first kappa shape index (κ1) is 14.9. The minimum absolute atomic E-state index is 0. The zero-order chi connectivity index (χ0) is 9.23. The fourth-order valence-electron chi connectivity index (χ4n) is 1.23. The van der Waals surface area contributed by atoms with Gasteiger partial charge in [-0.3, -0.25) is 4.79 Å². The van der Waals surface area contributed by atoms with Gasteiger partial charge in [0.25, 0.3) is 0 Å². The van der Waals surface area contributed by atoms with E-state index in [9.17, 15) is 4.79 Å². The van der Waals surface area contributed by atoms with Crippen LogP contribution in [0.15, 0.2) is 0 Å². The van der Waals surface area contributed by atoms with E-state index in [2.05, 4.69) is 6.92 Å². The maximum atomic E-state index is 10.1. The molecule has 0 amide bonds. The van der Waals surface area contributed by atoms with E-state index < -0.39 is 5.97 Å². The van der Waals surface area contributed by atoms with E-state index in [0.29, 0.717) is 6.42 Å². The number of unbranched alkanes of at least 4 members (excludes halogenated alkanes) is 6. The molecule has 0 radical (unpaired) electrons. The molecule has 0 aliphatic carbocycles. The Kier molecular flexibility index (Phi) is 13.1. The molecule has 0 rings (SSSR count). The predicted octanol–water partition coefficient (Wildman–Crippen LogP) is 3.37. The average Bonchev–Trinajstić information content (AvgIpc) is 2.02. The van der Waals surface area contributed by atoms with Gasteiger partial charge in [-0.2, -0.15) is 0 Å². The van der Waals surface area contributed by atoms with Crippen molar-refractivity contribution in [2.75, 3.05) is 0 Å².